The van der Waals surface area contributed by atoms with Gasteiger partial charge in [0.2, 0.25) is 0 Å². The Bertz CT molecular complexity index is 329. The molecule has 2 heterocycles. The maximum Gasteiger partial charge on any atom is 0.108 e. The SMILES string of the molecule is Cn1ccnc1CCC1(CN)CCOCC1. The smallest absolute Gasteiger partial charge is 0.108 e. The standard InChI is InChI=1S/C12H21N3O/c1-15-7-6-14-11(15)2-3-12(10-13)4-8-16-9-5-12/h6-7H,2-5,8-10,13H2,1H3. The summed E-state index contributed by atoms with van der Waals surface area (Å²) in [6.45, 7) is 2.48. The summed E-state index contributed by atoms with van der Waals surface area (Å²) in [6.07, 6.45) is 8.17. The van der Waals surface area contributed by atoms with Gasteiger partial charge in [-0.1, -0.05) is 0 Å². The van der Waals surface area contributed by atoms with Crippen LogP contribution in [0.2, 0.25) is 0 Å². The van der Waals surface area contributed by atoms with Crippen molar-refractivity contribution in [2.24, 2.45) is 18.2 Å². The molecule has 1 fully saturated rings. The zero-order chi connectivity index (χ0) is 11.4. The highest BCUT2D eigenvalue weighted by Gasteiger charge is 2.31. The number of hydrogen-bond donors (Lipinski definition) is 1. The van der Waals surface area contributed by atoms with Crippen LogP contribution in [0.4, 0.5) is 0 Å². The lowest BCUT2D eigenvalue weighted by atomic mass is 9.76. The molecule has 0 aliphatic carbocycles. The van der Waals surface area contributed by atoms with E-state index in [1.165, 1.54) is 0 Å². The molecule has 0 saturated carbocycles. The molecule has 1 aromatic heterocycles. The molecule has 0 atom stereocenters. The summed E-state index contributed by atoms with van der Waals surface area (Å²) in [5.74, 6) is 1.15. The van der Waals surface area contributed by atoms with E-state index in [0.717, 1.165) is 51.3 Å². The highest BCUT2D eigenvalue weighted by molar-refractivity contribution is 4.94. The molecule has 2 rings (SSSR count). The first-order chi connectivity index (χ1) is 7.76. The molecule has 4 heteroatoms. The molecule has 0 spiro atoms. The van der Waals surface area contributed by atoms with E-state index in [0.29, 0.717) is 0 Å². The largest absolute Gasteiger partial charge is 0.381 e. The van der Waals surface area contributed by atoms with Gasteiger partial charge in [0.15, 0.2) is 0 Å². The first-order valence-electron chi connectivity index (χ1n) is 6.00. The second-order valence-corrected chi connectivity index (χ2v) is 4.77. The predicted molar refractivity (Wildman–Crippen MR) is 63.1 cm³/mol. The molecule has 0 radical (unpaired) electrons. The molecule has 0 amide bonds. The Hall–Kier alpha value is -0.870. The second-order valence-electron chi connectivity index (χ2n) is 4.77. The summed E-state index contributed by atoms with van der Waals surface area (Å²) in [5, 5.41) is 0. The molecule has 1 saturated heterocycles. The van der Waals surface area contributed by atoms with Crippen LogP contribution in [0, 0.1) is 5.41 Å². The van der Waals surface area contributed by atoms with Crippen molar-refractivity contribution in [2.45, 2.75) is 25.7 Å². The van der Waals surface area contributed by atoms with Crippen molar-refractivity contribution in [1.29, 1.82) is 0 Å². The van der Waals surface area contributed by atoms with E-state index in [1.54, 1.807) is 0 Å². The van der Waals surface area contributed by atoms with Gasteiger partial charge in [-0.2, -0.15) is 0 Å². The zero-order valence-corrected chi connectivity index (χ0v) is 9.98. The van der Waals surface area contributed by atoms with Gasteiger partial charge < -0.3 is 15.0 Å². The Labute approximate surface area is 96.8 Å². The maximum absolute atomic E-state index is 5.93. The minimum Gasteiger partial charge on any atom is -0.381 e. The first-order valence-corrected chi connectivity index (χ1v) is 6.00. The van der Waals surface area contributed by atoms with E-state index in [-0.39, 0.29) is 5.41 Å². The third kappa shape index (κ3) is 2.44. The summed E-state index contributed by atoms with van der Waals surface area (Å²) < 4.78 is 7.50. The van der Waals surface area contributed by atoms with Crippen LogP contribution >= 0.6 is 0 Å². The fourth-order valence-corrected chi connectivity index (χ4v) is 2.37. The van der Waals surface area contributed by atoms with Crippen molar-refractivity contribution in [3.8, 4) is 0 Å². The fraction of sp³-hybridized carbons (Fsp3) is 0.750. The van der Waals surface area contributed by atoms with Crippen LogP contribution in [0.1, 0.15) is 25.1 Å². The van der Waals surface area contributed by atoms with Gasteiger partial charge in [-0.25, -0.2) is 4.98 Å². The topological polar surface area (TPSA) is 53.1 Å². The lowest BCUT2D eigenvalue weighted by Crippen LogP contribution is -2.37. The van der Waals surface area contributed by atoms with E-state index in [4.69, 9.17) is 10.5 Å². The number of nitrogens with zero attached hydrogens (tertiary/aromatic N) is 2. The minimum atomic E-state index is 0.282. The van der Waals surface area contributed by atoms with Gasteiger partial charge in [0, 0.05) is 39.1 Å². The van der Waals surface area contributed by atoms with Gasteiger partial charge in [-0.15, -0.1) is 0 Å². The number of rotatable bonds is 4. The molecule has 0 aromatic carbocycles. The predicted octanol–water partition coefficient (Wildman–Crippen LogP) is 1.11. The summed E-state index contributed by atoms with van der Waals surface area (Å²) in [6, 6.07) is 0. The van der Waals surface area contributed by atoms with Gasteiger partial charge in [-0.05, 0) is 31.2 Å². The lowest BCUT2D eigenvalue weighted by molar-refractivity contribution is 0.0146. The average molecular weight is 223 g/mol. The molecule has 2 N–H and O–H groups in total. The van der Waals surface area contributed by atoms with Crippen LogP contribution in [0.3, 0.4) is 0 Å². The van der Waals surface area contributed by atoms with Gasteiger partial charge in [-0.3, -0.25) is 0 Å². The maximum atomic E-state index is 5.93. The van der Waals surface area contributed by atoms with Gasteiger partial charge in [0.25, 0.3) is 0 Å². The quantitative estimate of drug-likeness (QED) is 0.832. The van der Waals surface area contributed by atoms with Crippen molar-refractivity contribution in [1.82, 2.24) is 9.55 Å². The molecule has 1 aromatic rings. The summed E-state index contributed by atoms with van der Waals surface area (Å²) in [4.78, 5) is 4.36. The van der Waals surface area contributed by atoms with Crippen molar-refractivity contribution in [3.63, 3.8) is 0 Å². The Balaban J connectivity index is 1.94. The van der Waals surface area contributed by atoms with Crippen LogP contribution in [0.15, 0.2) is 12.4 Å². The fourth-order valence-electron chi connectivity index (χ4n) is 2.37. The Morgan fingerprint density at radius 3 is 2.81 bits per heavy atom. The molecule has 4 nitrogen and oxygen atoms in total. The van der Waals surface area contributed by atoms with Crippen LogP contribution < -0.4 is 5.73 Å². The monoisotopic (exact) mass is 223 g/mol. The van der Waals surface area contributed by atoms with Crippen LogP contribution in [0.25, 0.3) is 0 Å². The number of imidazole rings is 1. The van der Waals surface area contributed by atoms with Crippen molar-refractivity contribution in [2.75, 3.05) is 19.8 Å². The van der Waals surface area contributed by atoms with Crippen LogP contribution in [-0.4, -0.2) is 29.3 Å². The number of aromatic nitrogens is 2. The zero-order valence-electron chi connectivity index (χ0n) is 9.98. The molecule has 1 aliphatic rings. The van der Waals surface area contributed by atoms with Crippen LogP contribution in [-0.2, 0) is 18.2 Å². The molecule has 90 valence electrons. The minimum absolute atomic E-state index is 0.282. The molecular formula is C12H21N3O. The second kappa shape index (κ2) is 4.97. The van der Waals surface area contributed by atoms with E-state index >= 15 is 0 Å². The van der Waals surface area contributed by atoms with Crippen molar-refractivity contribution >= 4 is 0 Å². The molecular weight excluding hydrogens is 202 g/mol. The third-order valence-electron chi connectivity index (χ3n) is 3.79. The van der Waals surface area contributed by atoms with E-state index in [9.17, 15) is 0 Å². The number of ether oxygens (including phenoxy) is 1. The first kappa shape index (κ1) is 11.6. The molecule has 1 aliphatic heterocycles. The number of nitrogens with two attached hydrogens (primary N) is 1. The Morgan fingerprint density at radius 2 is 2.25 bits per heavy atom. The highest BCUT2D eigenvalue weighted by atomic mass is 16.5. The molecule has 16 heavy (non-hydrogen) atoms. The average Bonchev–Trinajstić information content (AvgIpc) is 2.74. The summed E-state index contributed by atoms with van der Waals surface area (Å²) >= 11 is 0. The van der Waals surface area contributed by atoms with E-state index in [2.05, 4.69) is 9.55 Å². The third-order valence-corrected chi connectivity index (χ3v) is 3.79. The normalized spacial score (nSPS) is 19.9. The molecule has 0 unspecified atom stereocenters. The van der Waals surface area contributed by atoms with Gasteiger partial charge in [0.05, 0.1) is 0 Å². The molecule has 0 bridgehead atoms. The Kier molecular flexibility index (Phi) is 3.61. The lowest BCUT2D eigenvalue weighted by Gasteiger charge is -2.36. The number of hydrogen-bond acceptors (Lipinski definition) is 3. The Morgan fingerprint density at radius 1 is 1.50 bits per heavy atom. The van der Waals surface area contributed by atoms with E-state index in [1.807, 2.05) is 19.4 Å². The van der Waals surface area contributed by atoms with E-state index < -0.39 is 0 Å². The summed E-state index contributed by atoms with van der Waals surface area (Å²) in [7, 11) is 2.04. The van der Waals surface area contributed by atoms with Gasteiger partial charge >= 0.3 is 0 Å². The summed E-state index contributed by atoms with van der Waals surface area (Å²) in [5.41, 5.74) is 6.21. The number of aryl methyl sites for hydroxylation is 2. The van der Waals surface area contributed by atoms with Gasteiger partial charge in [0.1, 0.15) is 5.82 Å². The van der Waals surface area contributed by atoms with Crippen molar-refractivity contribution in [3.05, 3.63) is 18.2 Å². The highest BCUT2D eigenvalue weighted by Crippen LogP contribution is 2.33. The van der Waals surface area contributed by atoms with Crippen molar-refractivity contribution < 1.29 is 4.74 Å². The van der Waals surface area contributed by atoms with Crippen LogP contribution in [0.5, 0.6) is 0 Å².